The Morgan fingerprint density at radius 2 is 1.69 bits per heavy atom. The molecule has 0 aliphatic rings. The highest BCUT2D eigenvalue weighted by molar-refractivity contribution is 5.33. The van der Waals surface area contributed by atoms with Crippen LogP contribution in [-0.2, 0) is 9.47 Å². The van der Waals surface area contributed by atoms with Gasteiger partial charge in [-0.3, -0.25) is 0 Å². The van der Waals surface area contributed by atoms with Crippen LogP contribution in [0.2, 0.25) is 0 Å². The van der Waals surface area contributed by atoms with E-state index < -0.39 is 0 Å². The maximum atomic E-state index is 5.20. The molecule has 0 spiro atoms. The van der Waals surface area contributed by atoms with Crippen LogP contribution in [0, 0.1) is 13.8 Å². The SMILES string of the molecule is COC(OC)c1cccc(C)c1C. The molecule has 0 saturated heterocycles. The maximum Gasteiger partial charge on any atom is 0.183 e. The third kappa shape index (κ3) is 2.08. The first-order valence-corrected chi connectivity index (χ1v) is 4.32. The first-order chi connectivity index (χ1) is 6.20. The van der Waals surface area contributed by atoms with Crippen molar-refractivity contribution in [2.75, 3.05) is 14.2 Å². The molecule has 1 rings (SSSR count). The van der Waals surface area contributed by atoms with Crippen LogP contribution < -0.4 is 0 Å². The van der Waals surface area contributed by atoms with Crippen LogP contribution in [0.25, 0.3) is 0 Å². The molecule has 0 aromatic heterocycles. The third-order valence-electron chi connectivity index (χ3n) is 2.33. The van der Waals surface area contributed by atoms with Crippen molar-refractivity contribution in [3.8, 4) is 0 Å². The third-order valence-corrected chi connectivity index (χ3v) is 2.33. The fraction of sp³-hybridized carbons (Fsp3) is 0.455. The minimum atomic E-state index is -0.250. The van der Waals surface area contributed by atoms with E-state index in [1.807, 2.05) is 12.1 Å². The quantitative estimate of drug-likeness (QED) is 0.666. The number of hydrogen-bond donors (Lipinski definition) is 0. The second-order valence-corrected chi connectivity index (χ2v) is 3.09. The summed E-state index contributed by atoms with van der Waals surface area (Å²) >= 11 is 0. The average Bonchev–Trinajstić information content (AvgIpc) is 2.14. The molecule has 1 aromatic rings. The van der Waals surface area contributed by atoms with Gasteiger partial charge < -0.3 is 9.47 Å². The normalized spacial score (nSPS) is 10.8. The van der Waals surface area contributed by atoms with Crippen molar-refractivity contribution in [3.05, 3.63) is 34.9 Å². The van der Waals surface area contributed by atoms with Gasteiger partial charge in [-0.1, -0.05) is 18.2 Å². The molecule has 0 heterocycles. The van der Waals surface area contributed by atoms with E-state index in [1.165, 1.54) is 11.1 Å². The Morgan fingerprint density at radius 3 is 2.23 bits per heavy atom. The highest BCUT2D eigenvalue weighted by Gasteiger charge is 2.11. The average molecular weight is 180 g/mol. The number of ether oxygens (including phenoxy) is 2. The van der Waals surface area contributed by atoms with Gasteiger partial charge >= 0.3 is 0 Å². The molecule has 0 saturated carbocycles. The summed E-state index contributed by atoms with van der Waals surface area (Å²) in [5, 5.41) is 0. The van der Waals surface area contributed by atoms with Gasteiger partial charge in [0, 0.05) is 19.8 Å². The summed E-state index contributed by atoms with van der Waals surface area (Å²) in [6.07, 6.45) is -0.250. The van der Waals surface area contributed by atoms with Crippen molar-refractivity contribution in [1.82, 2.24) is 0 Å². The molecule has 1 aromatic carbocycles. The largest absolute Gasteiger partial charge is 0.352 e. The van der Waals surface area contributed by atoms with E-state index in [9.17, 15) is 0 Å². The fourth-order valence-corrected chi connectivity index (χ4v) is 1.38. The Labute approximate surface area is 79.5 Å². The zero-order valence-electron chi connectivity index (χ0n) is 8.63. The summed E-state index contributed by atoms with van der Waals surface area (Å²) in [4.78, 5) is 0. The van der Waals surface area contributed by atoms with Crippen LogP contribution in [0.15, 0.2) is 18.2 Å². The van der Waals surface area contributed by atoms with Gasteiger partial charge in [-0.05, 0) is 25.0 Å². The molecule has 0 amide bonds. The second-order valence-electron chi connectivity index (χ2n) is 3.09. The molecular weight excluding hydrogens is 164 g/mol. The Kier molecular flexibility index (Phi) is 3.46. The van der Waals surface area contributed by atoms with Gasteiger partial charge in [-0.2, -0.15) is 0 Å². The predicted molar refractivity (Wildman–Crippen MR) is 52.7 cm³/mol. The molecule has 0 radical (unpaired) electrons. The summed E-state index contributed by atoms with van der Waals surface area (Å²) < 4.78 is 10.4. The van der Waals surface area contributed by atoms with Gasteiger partial charge in [0.2, 0.25) is 0 Å². The van der Waals surface area contributed by atoms with Crippen LogP contribution in [-0.4, -0.2) is 14.2 Å². The van der Waals surface area contributed by atoms with E-state index in [-0.39, 0.29) is 6.29 Å². The van der Waals surface area contributed by atoms with Crippen molar-refractivity contribution in [3.63, 3.8) is 0 Å². The van der Waals surface area contributed by atoms with Crippen LogP contribution in [0.1, 0.15) is 23.0 Å². The highest BCUT2D eigenvalue weighted by atomic mass is 16.7. The summed E-state index contributed by atoms with van der Waals surface area (Å²) in [7, 11) is 3.30. The van der Waals surface area contributed by atoms with Crippen molar-refractivity contribution < 1.29 is 9.47 Å². The van der Waals surface area contributed by atoms with Gasteiger partial charge in [0.15, 0.2) is 6.29 Å². The molecule has 0 aliphatic heterocycles. The second kappa shape index (κ2) is 4.40. The molecule has 0 atom stereocenters. The number of methoxy groups -OCH3 is 2. The van der Waals surface area contributed by atoms with Crippen molar-refractivity contribution in [1.29, 1.82) is 0 Å². The smallest absolute Gasteiger partial charge is 0.183 e. The molecule has 0 unspecified atom stereocenters. The fourth-order valence-electron chi connectivity index (χ4n) is 1.38. The highest BCUT2D eigenvalue weighted by Crippen LogP contribution is 2.22. The summed E-state index contributed by atoms with van der Waals surface area (Å²) in [6, 6.07) is 6.13. The first-order valence-electron chi connectivity index (χ1n) is 4.32. The van der Waals surface area contributed by atoms with Crippen LogP contribution in [0.3, 0.4) is 0 Å². The number of rotatable bonds is 3. The molecule has 0 fully saturated rings. The maximum absolute atomic E-state index is 5.20. The van der Waals surface area contributed by atoms with E-state index in [0.29, 0.717) is 0 Å². The Balaban J connectivity index is 3.05. The summed E-state index contributed by atoms with van der Waals surface area (Å²) in [5.41, 5.74) is 3.60. The monoisotopic (exact) mass is 180 g/mol. The molecule has 13 heavy (non-hydrogen) atoms. The summed E-state index contributed by atoms with van der Waals surface area (Å²) in [6.45, 7) is 4.16. The molecule has 2 heteroatoms. The summed E-state index contributed by atoms with van der Waals surface area (Å²) in [5.74, 6) is 0. The zero-order chi connectivity index (χ0) is 9.84. The minimum Gasteiger partial charge on any atom is -0.352 e. The molecule has 72 valence electrons. The van der Waals surface area contributed by atoms with E-state index in [0.717, 1.165) is 5.56 Å². The van der Waals surface area contributed by atoms with Gasteiger partial charge in [0.25, 0.3) is 0 Å². The minimum absolute atomic E-state index is 0.250. The van der Waals surface area contributed by atoms with Crippen molar-refractivity contribution >= 4 is 0 Å². The lowest BCUT2D eigenvalue weighted by atomic mass is 10.0. The molecular formula is C11H16O2. The van der Waals surface area contributed by atoms with Gasteiger partial charge in [-0.15, -0.1) is 0 Å². The van der Waals surface area contributed by atoms with Crippen LogP contribution in [0.4, 0.5) is 0 Å². The zero-order valence-corrected chi connectivity index (χ0v) is 8.63. The molecule has 0 bridgehead atoms. The van der Waals surface area contributed by atoms with E-state index in [4.69, 9.17) is 9.47 Å². The van der Waals surface area contributed by atoms with Crippen LogP contribution in [0.5, 0.6) is 0 Å². The van der Waals surface area contributed by atoms with Crippen LogP contribution >= 0.6 is 0 Å². The lowest BCUT2D eigenvalue weighted by Gasteiger charge is -2.17. The standard InChI is InChI=1S/C11H16O2/c1-8-6-5-7-10(9(8)2)11(12-3)13-4/h5-7,11H,1-4H3. The Hall–Kier alpha value is -0.860. The lowest BCUT2D eigenvalue weighted by molar-refractivity contribution is -0.106. The number of benzene rings is 1. The molecule has 2 nitrogen and oxygen atoms in total. The first kappa shape index (κ1) is 10.2. The van der Waals surface area contributed by atoms with Crippen molar-refractivity contribution in [2.24, 2.45) is 0 Å². The van der Waals surface area contributed by atoms with E-state index in [2.05, 4.69) is 19.9 Å². The molecule has 0 N–H and O–H groups in total. The molecule has 0 aliphatic carbocycles. The lowest BCUT2D eigenvalue weighted by Crippen LogP contribution is -2.06. The van der Waals surface area contributed by atoms with Gasteiger partial charge in [-0.25, -0.2) is 0 Å². The van der Waals surface area contributed by atoms with Crippen molar-refractivity contribution in [2.45, 2.75) is 20.1 Å². The number of hydrogen-bond acceptors (Lipinski definition) is 2. The Bertz CT molecular complexity index is 277. The van der Waals surface area contributed by atoms with Gasteiger partial charge in [0.05, 0.1) is 0 Å². The van der Waals surface area contributed by atoms with Gasteiger partial charge in [0.1, 0.15) is 0 Å². The van der Waals surface area contributed by atoms with E-state index >= 15 is 0 Å². The predicted octanol–water partition coefficient (Wildman–Crippen LogP) is 2.59. The van der Waals surface area contributed by atoms with E-state index in [1.54, 1.807) is 14.2 Å². The number of aryl methyl sites for hydroxylation is 1. The topological polar surface area (TPSA) is 18.5 Å². The Morgan fingerprint density at radius 1 is 1.08 bits per heavy atom.